The minimum absolute atomic E-state index is 0. The van der Waals surface area contributed by atoms with Crippen LogP contribution in [0.15, 0.2) is 23.1 Å². The van der Waals surface area contributed by atoms with Gasteiger partial charge in [0.25, 0.3) is 0 Å². The van der Waals surface area contributed by atoms with E-state index in [4.69, 9.17) is 0 Å². The highest BCUT2D eigenvalue weighted by Gasteiger charge is 2.33. The predicted molar refractivity (Wildman–Crippen MR) is 95.7 cm³/mol. The Morgan fingerprint density at radius 3 is 2.35 bits per heavy atom. The predicted octanol–water partition coefficient (Wildman–Crippen LogP) is 2.88. The highest BCUT2D eigenvalue weighted by molar-refractivity contribution is 7.89. The highest BCUT2D eigenvalue weighted by atomic mass is 35.5. The Labute approximate surface area is 146 Å². The van der Waals surface area contributed by atoms with Gasteiger partial charge in [-0.15, -0.1) is 12.4 Å². The Hall–Kier alpha value is -0.620. The Bertz CT molecular complexity index is 634. The van der Waals surface area contributed by atoms with Crippen molar-refractivity contribution in [1.29, 1.82) is 0 Å². The Morgan fingerprint density at radius 2 is 1.78 bits per heavy atom. The fraction of sp³-hybridized carbons (Fsp3) is 0.647. The number of rotatable bonds is 3. The summed E-state index contributed by atoms with van der Waals surface area (Å²) in [7, 11) is -3.34. The largest absolute Gasteiger partial charge is 0.314 e. The Balaban J connectivity index is 0.00000192. The second kappa shape index (κ2) is 7.51. The van der Waals surface area contributed by atoms with Crippen molar-refractivity contribution >= 4 is 22.4 Å². The van der Waals surface area contributed by atoms with Crippen molar-refractivity contribution in [1.82, 2.24) is 9.62 Å². The van der Waals surface area contributed by atoms with Crippen LogP contribution in [0.2, 0.25) is 0 Å². The van der Waals surface area contributed by atoms with Crippen LogP contribution in [0.1, 0.15) is 36.8 Å². The molecule has 0 bridgehead atoms. The second-order valence-electron chi connectivity index (χ2n) is 6.69. The summed E-state index contributed by atoms with van der Waals surface area (Å²) in [5.41, 5.74) is 2.16. The Morgan fingerprint density at radius 1 is 1.09 bits per heavy atom. The van der Waals surface area contributed by atoms with Gasteiger partial charge in [0.15, 0.2) is 0 Å². The van der Waals surface area contributed by atoms with Crippen LogP contribution >= 0.6 is 12.4 Å². The van der Waals surface area contributed by atoms with Crippen molar-refractivity contribution in [3.63, 3.8) is 0 Å². The molecule has 2 fully saturated rings. The first-order valence-corrected chi connectivity index (χ1v) is 9.73. The van der Waals surface area contributed by atoms with Crippen LogP contribution in [-0.4, -0.2) is 38.4 Å². The first-order chi connectivity index (χ1) is 10.5. The number of benzene rings is 1. The fourth-order valence-corrected chi connectivity index (χ4v) is 5.21. The number of hydrogen-bond donors (Lipinski definition) is 1. The van der Waals surface area contributed by atoms with Gasteiger partial charge in [-0.3, -0.25) is 0 Å². The lowest BCUT2D eigenvalue weighted by Gasteiger charge is -2.34. The van der Waals surface area contributed by atoms with Crippen LogP contribution in [0.5, 0.6) is 0 Å². The summed E-state index contributed by atoms with van der Waals surface area (Å²) in [5, 5.41) is 3.56. The van der Waals surface area contributed by atoms with Crippen LogP contribution in [0.25, 0.3) is 0 Å². The summed E-state index contributed by atoms with van der Waals surface area (Å²) in [6, 6.07) is 6.04. The summed E-state index contributed by atoms with van der Waals surface area (Å²) in [6.45, 7) is 6.39. The van der Waals surface area contributed by atoms with Gasteiger partial charge in [-0.25, -0.2) is 8.42 Å². The van der Waals surface area contributed by atoms with E-state index in [0.717, 1.165) is 30.5 Å². The van der Waals surface area contributed by atoms with Gasteiger partial charge in [-0.1, -0.05) is 6.07 Å². The van der Waals surface area contributed by atoms with Gasteiger partial charge < -0.3 is 5.32 Å². The molecule has 3 rings (SSSR count). The van der Waals surface area contributed by atoms with E-state index in [-0.39, 0.29) is 12.4 Å². The van der Waals surface area contributed by atoms with Crippen molar-refractivity contribution in [2.24, 2.45) is 5.92 Å². The topological polar surface area (TPSA) is 49.4 Å². The van der Waals surface area contributed by atoms with Gasteiger partial charge in [0, 0.05) is 19.1 Å². The molecule has 0 aromatic heterocycles. The monoisotopic (exact) mass is 358 g/mol. The maximum absolute atomic E-state index is 12.8. The highest BCUT2D eigenvalue weighted by Crippen LogP contribution is 2.29. The Kier molecular flexibility index (Phi) is 6.11. The molecule has 1 unspecified atom stereocenters. The quantitative estimate of drug-likeness (QED) is 0.903. The van der Waals surface area contributed by atoms with Crippen molar-refractivity contribution in [2.75, 3.05) is 19.6 Å². The minimum Gasteiger partial charge on any atom is -0.314 e. The van der Waals surface area contributed by atoms with E-state index in [1.807, 2.05) is 19.9 Å². The molecule has 2 aliphatic rings. The second-order valence-corrected chi connectivity index (χ2v) is 8.63. The summed E-state index contributed by atoms with van der Waals surface area (Å²) in [5.74, 6) is 0.633. The van der Waals surface area contributed by atoms with E-state index in [1.165, 1.54) is 12.8 Å². The number of nitrogens with zero attached hydrogens (tertiary/aromatic N) is 1. The van der Waals surface area contributed by atoms with Gasteiger partial charge in [-0.05, 0) is 75.3 Å². The van der Waals surface area contributed by atoms with Gasteiger partial charge in [0.05, 0.1) is 4.90 Å². The molecule has 130 valence electrons. The zero-order valence-corrected chi connectivity index (χ0v) is 15.5. The summed E-state index contributed by atoms with van der Waals surface area (Å²) >= 11 is 0. The number of hydrogen-bond acceptors (Lipinski definition) is 3. The lowest BCUT2D eigenvalue weighted by molar-refractivity contribution is 0.234. The lowest BCUT2D eigenvalue weighted by atomic mass is 9.89. The number of nitrogens with one attached hydrogen (secondary N) is 1. The van der Waals surface area contributed by atoms with Gasteiger partial charge >= 0.3 is 0 Å². The van der Waals surface area contributed by atoms with Crippen molar-refractivity contribution in [2.45, 2.75) is 50.5 Å². The molecular weight excluding hydrogens is 332 g/mol. The molecule has 2 aliphatic heterocycles. The molecule has 2 heterocycles. The maximum atomic E-state index is 12.8. The van der Waals surface area contributed by atoms with Crippen molar-refractivity contribution < 1.29 is 8.42 Å². The molecule has 1 N–H and O–H groups in total. The summed E-state index contributed by atoms with van der Waals surface area (Å²) in [6.07, 6.45) is 4.45. The average molecular weight is 359 g/mol. The van der Waals surface area contributed by atoms with Gasteiger partial charge in [-0.2, -0.15) is 4.31 Å². The lowest BCUT2D eigenvalue weighted by Crippen LogP contribution is -2.43. The molecule has 1 atom stereocenters. The summed E-state index contributed by atoms with van der Waals surface area (Å²) in [4.78, 5) is 0.438. The van der Waals surface area contributed by atoms with Crippen LogP contribution in [0.4, 0.5) is 0 Å². The molecular formula is C17H27ClN2O2S. The van der Waals surface area contributed by atoms with Crippen LogP contribution < -0.4 is 5.32 Å². The molecule has 0 aliphatic carbocycles. The van der Waals surface area contributed by atoms with E-state index >= 15 is 0 Å². The zero-order chi connectivity index (χ0) is 15.7. The van der Waals surface area contributed by atoms with E-state index in [9.17, 15) is 8.42 Å². The van der Waals surface area contributed by atoms with E-state index in [1.54, 1.807) is 16.4 Å². The molecule has 4 nitrogen and oxygen atoms in total. The third-order valence-corrected chi connectivity index (χ3v) is 7.18. The molecule has 23 heavy (non-hydrogen) atoms. The standard InChI is InChI=1S/C17H26N2O2S.ClH/c1-13-5-6-16(12-14(13)2)22(20,21)19-10-7-15(8-11-19)17-4-3-9-18-17;/h5-6,12,15,17-18H,3-4,7-11H2,1-2H3;1H. The fourth-order valence-electron chi connectivity index (χ4n) is 3.66. The normalized spacial score (nSPS) is 23.7. The van der Waals surface area contributed by atoms with E-state index in [0.29, 0.717) is 29.9 Å². The smallest absolute Gasteiger partial charge is 0.243 e. The molecule has 1 aromatic rings. The minimum atomic E-state index is -3.34. The molecule has 1 aromatic carbocycles. The third kappa shape index (κ3) is 3.90. The van der Waals surface area contributed by atoms with E-state index in [2.05, 4.69) is 5.32 Å². The van der Waals surface area contributed by atoms with Crippen molar-refractivity contribution in [3.05, 3.63) is 29.3 Å². The molecule has 0 amide bonds. The molecule has 0 saturated carbocycles. The SMILES string of the molecule is Cc1ccc(S(=O)(=O)N2CCC(C3CCCN3)CC2)cc1C.Cl. The molecule has 6 heteroatoms. The molecule has 0 spiro atoms. The zero-order valence-electron chi connectivity index (χ0n) is 13.9. The number of halogens is 1. The van der Waals surface area contributed by atoms with Crippen LogP contribution in [-0.2, 0) is 10.0 Å². The third-order valence-electron chi connectivity index (χ3n) is 5.28. The number of piperidine rings is 1. The van der Waals surface area contributed by atoms with Crippen molar-refractivity contribution in [3.8, 4) is 0 Å². The number of aryl methyl sites for hydroxylation is 2. The molecule has 0 radical (unpaired) electrons. The summed E-state index contributed by atoms with van der Waals surface area (Å²) < 4.78 is 27.2. The molecule has 2 saturated heterocycles. The number of sulfonamides is 1. The van der Waals surface area contributed by atoms with Crippen LogP contribution in [0, 0.1) is 19.8 Å². The van der Waals surface area contributed by atoms with Gasteiger partial charge in [0.2, 0.25) is 10.0 Å². The maximum Gasteiger partial charge on any atom is 0.243 e. The van der Waals surface area contributed by atoms with Gasteiger partial charge in [0.1, 0.15) is 0 Å². The average Bonchev–Trinajstić information content (AvgIpc) is 3.04. The first-order valence-electron chi connectivity index (χ1n) is 8.29. The van der Waals surface area contributed by atoms with Crippen LogP contribution in [0.3, 0.4) is 0 Å². The van der Waals surface area contributed by atoms with E-state index < -0.39 is 10.0 Å². The first kappa shape index (κ1) is 18.7.